The number of benzene rings is 1. The summed E-state index contributed by atoms with van der Waals surface area (Å²) in [5.41, 5.74) is 2.50. The van der Waals surface area contributed by atoms with Gasteiger partial charge in [0.2, 0.25) is 0 Å². The number of carbonyl (C=O) groups is 1. The van der Waals surface area contributed by atoms with Crippen LogP contribution in [0.3, 0.4) is 0 Å². The van der Waals surface area contributed by atoms with Crippen molar-refractivity contribution in [1.29, 1.82) is 0 Å². The smallest absolute Gasteiger partial charge is 0.151 e. The van der Waals surface area contributed by atoms with E-state index >= 15 is 0 Å². The fourth-order valence-electron chi connectivity index (χ4n) is 1.27. The van der Waals surface area contributed by atoms with Crippen molar-refractivity contribution in [2.75, 3.05) is 0 Å². The molecule has 1 aromatic carbocycles. The molecule has 74 valence electrons. The number of aromatic nitrogens is 1. The fourth-order valence-corrected chi connectivity index (χ4v) is 1.53. The Labute approximate surface area is 96.1 Å². The number of rotatable bonds is 2. The zero-order valence-electron chi connectivity index (χ0n) is 7.85. The highest BCUT2D eigenvalue weighted by atomic mass is 79.9. The van der Waals surface area contributed by atoms with Crippen LogP contribution in [0.5, 0.6) is 0 Å². The van der Waals surface area contributed by atoms with Gasteiger partial charge in [0.1, 0.15) is 0 Å². The van der Waals surface area contributed by atoms with E-state index in [0.717, 1.165) is 22.0 Å². The Morgan fingerprint density at radius 3 is 2.33 bits per heavy atom. The molecule has 0 atom stereocenters. The third-order valence-corrected chi connectivity index (χ3v) is 2.59. The van der Waals surface area contributed by atoms with Gasteiger partial charge in [0.25, 0.3) is 0 Å². The van der Waals surface area contributed by atoms with Gasteiger partial charge in [-0.2, -0.15) is 0 Å². The molecule has 15 heavy (non-hydrogen) atoms. The molecule has 2 rings (SSSR count). The Morgan fingerprint density at radius 1 is 1.07 bits per heavy atom. The number of aldehydes is 1. The lowest BCUT2D eigenvalue weighted by molar-refractivity contribution is 0.112. The van der Waals surface area contributed by atoms with Crippen LogP contribution in [0.2, 0.25) is 0 Å². The second kappa shape index (κ2) is 4.36. The van der Waals surface area contributed by atoms with Crippen molar-refractivity contribution < 1.29 is 4.79 Å². The van der Waals surface area contributed by atoms with E-state index in [4.69, 9.17) is 0 Å². The average Bonchev–Trinajstić information content (AvgIpc) is 2.30. The highest BCUT2D eigenvalue weighted by Crippen LogP contribution is 2.19. The van der Waals surface area contributed by atoms with Gasteiger partial charge in [-0.05, 0) is 24.3 Å². The third kappa shape index (κ3) is 2.30. The molecule has 0 N–H and O–H groups in total. The second-order valence-electron chi connectivity index (χ2n) is 3.10. The summed E-state index contributed by atoms with van der Waals surface area (Å²) in [7, 11) is 0. The highest BCUT2D eigenvalue weighted by Gasteiger charge is 1.98. The van der Waals surface area contributed by atoms with E-state index in [1.165, 1.54) is 0 Å². The molecular weight excluding hydrogens is 254 g/mol. The quantitative estimate of drug-likeness (QED) is 0.777. The number of hydrogen-bond acceptors (Lipinski definition) is 2. The predicted molar refractivity (Wildman–Crippen MR) is 62.8 cm³/mol. The molecular formula is C12H8BrNO. The van der Waals surface area contributed by atoms with Crippen LogP contribution >= 0.6 is 15.9 Å². The van der Waals surface area contributed by atoms with Crippen LogP contribution in [0.1, 0.15) is 10.4 Å². The maximum atomic E-state index is 10.5. The van der Waals surface area contributed by atoms with Crippen molar-refractivity contribution in [3.05, 3.63) is 52.6 Å². The minimum Gasteiger partial charge on any atom is -0.298 e. The van der Waals surface area contributed by atoms with Gasteiger partial charge in [-0.1, -0.05) is 28.1 Å². The van der Waals surface area contributed by atoms with Crippen LogP contribution in [-0.4, -0.2) is 11.3 Å². The molecule has 3 heteroatoms. The monoisotopic (exact) mass is 261 g/mol. The Hall–Kier alpha value is -1.48. The van der Waals surface area contributed by atoms with E-state index in [2.05, 4.69) is 20.9 Å². The topological polar surface area (TPSA) is 30.0 Å². The number of carbonyl (C=O) groups excluding carboxylic acids is 1. The van der Waals surface area contributed by atoms with Gasteiger partial charge < -0.3 is 0 Å². The molecule has 0 aliphatic rings. The minimum atomic E-state index is 0.593. The number of hydrogen-bond donors (Lipinski definition) is 0. The lowest BCUT2D eigenvalue weighted by Crippen LogP contribution is -1.85. The summed E-state index contributed by atoms with van der Waals surface area (Å²) in [5.74, 6) is 0. The van der Waals surface area contributed by atoms with Crippen molar-refractivity contribution >= 4 is 22.2 Å². The summed E-state index contributed by atoms with van der Waals surface area (Å²) in [4.78, 5) is 14.7. The van der Waals surface area contributed by atoms with Crippen molar-refractivity contribution in [3.63, 3.8) is 0 Å². The Bertz CT molecular complexity index is 462. The zero-order chi connectivity index (χ0) is 10.7. The van der Waals surface area contributed by atoms with Crippen LogP contribution in [0.15, 0.2) is 47.1 Å². The molecule has 0 amide bonds. The average molecular weight is 262 g/mol. The normalized spacial score (nSPS) is 9.93. The predicted octanol–water partition coefficient (Wildman–Crippen LogP) is 3.32. The van der Waals surface area contributed by atoms with E-state index in [9.17, 15) is 4.79 Å². The molecule has 2 aromatic rings. The van der Waals surface area contributed by atoms with Gasteiger partial charge in [-0.3, -0.25) is 9.78 Å². The highest BCUT2D eigenvalue weighted by molar-refractivity contribution is 9.10. The lowest BCUT2D eigenvalue weighted by Gasteiger charge is -2.00. The Morgan fingerprint density at radius 2 is 1.80 bits per heavy atom. The molecule has 0 bridgehead atoms. The minimum absolute atomic E-state index is 0.593. The van der Waals surface area contributed by atoms with Gasteiger partial charge in [-0.15, -0.1) is 0 Å². The summed E-state index contributed by atoms with van der Waals surface area (Å²) in [5, 5.41) is 0. The molecule has 1 aromatic heterocycles. The van der Waals surface area contributed by atoms with Crippen molar-refractivity contribution in [1.82, 2.24) is 4.98 Å². The molecule has 0 spiro atoms. The summed E-state index contributed by atoms with van der Waals surface area (Å²) in [6, 6.07) is 11.5. The maximum Gasteiger partial charge on any atom is 0.151 e. The van der Waals surface area contributed by atoms with Crippen LogP contribution in [0, 0.1) is 0 Å². The van der Waals surface area contributed by atoms with Crippen molar-refractivity contribution in [3.8, 4) is 11.3 Å². The Balaban J connectivity index is 2.37. The first kappa shape index (κ1) is 10.1. The Kier molecular flexibility index (Phi) is 2.92. The van der Waals surface area contributed by atoms with Gasteiger partial charge >= 0.3 is 0 Å². The van der Waals surface area contributed by atoms with Crippen LogP contribution < -0.4 is 0 Å². The third-order valence-electron chi connectivity index (χ3n) is 2.06. The van der Waals surface area contributed by atoms with Gasteiger partial charge in [-0.25, -0.2) is 0 Å². The summed E-state index contributed by atoms with van der Waals surface area (Å²) < 4.78 is 1.04. The second-order valence-corrected chi connectivity index (χ2v) is 4.02. The molecule has 0 aliphatic heterocycles. The van der Waals surface area contributed by atoms with Crippen LogP contribution in [-0.2, 0) is 0 Å². The van der Waals surface area contributed by atoms with E-state index in [1.54, 1.807) is 12.3 Å². The molecule has 0 saturated heterocycles. The SMILES string of the molecule is O=Cc1ccc(-c2ccc(Br)cc2)nc1. The van der Waals surface area contributed by atoms with E-state index in [0.29, 0.717) is 5.56 Å². The lowest BCUT2D eigenvalue weighted by atomic mass is 10.1. The van der Waals surface area contributed by atoms with Gasteiger partial charge in [0, 0.05) is 21.8 Å². The first-order valence-electron chi connectivity index (χ1n) is 4.47. The standard InChI is InChI=1S/C12H8BrNO/c13-11-4-2-10(3-5-11)12-6-1-9(8-15)7-14-12/h1-8H. The van der Waals surface area contributed by atoms with Crippen molar-refractivity contribution in [2.24, 2.45) is 0 Å². The summed E-state index contributed by atoms with van der Waals surface area (Å²) in [6.07, 6.45) is 2.36. The number of nitrogens with zero attached hydrogens (tertiary/aromatic N) is 1. The first-order chi connectivity index (χ1) is 7.29. The van der Waals surface area contributed by atoms with Gasteiger partial charge in [0.15, 0.2) is 6.29 Å². The number of pyridine rings is 1. The molecule has 2 nitrogen and oxygen atoms in total. The molecule has 1 heterocycles. The molecule has 0 aliphatic carbocycles. The van der Waals surface area contributed by atoms with E-state index in [-0.39, 0.29) is 0 Å². The first-order valence-corrected chi connectivity index (χ1v) is 5.26. The number of halogens is 1. The fraction of sp³-hybridized carbons (Fsp3) is 0. The molecule has 0 fully saturated rings. The van der Waals surface area contributed by atoms with Crippen LogP contribution in [0.25, 0.3) is 11.3 Å². The maximum absolute atomic E-state index is 10.5. The van der Waals surface area contributed by atoms with Crippen LogP contribution in [0.4, 0.5) is 0 Å². The zero-order valence-corrected chi connectivity index (χ0v) is 9.44. The molecule has 0 saturated carbocycles. The van der Waals surface area contributed by atoms with Gasteiger partial charge in [0.05, 0.1) is 5.69 Å². The summed E-state index contributed by atoms with van der Waals surface area (Å²) >= 11 is 3.37. The largest absolute Gasteiger partial charge is 0.298 e. The van der Waals surface area contributed by atoms with E-state index < -0.39 is 0 Å². The van der Waals surface area contributed by atoms with Crippen molar-refractivity contribution in [2.45, 2.75) is 0 Å². The van der Waals surface area contributed by atoms with E-state index in [1.807, 2.05) is 30.3 Å². The molecule has 0 unspecified atom stereocenters. The molecule has 0 radical (unpaired) electrons. The summed E-state index contributed by atoms with van der Waals surface area (Å²) in [6.45, 7) is 0.